The number of sulfonamides is 1. The number of nitrogens with two attached hydrogens (primary N) is 1. The molecule has 0 bridgehead atoms. The van der Waals surface area contributed by atoms with Gasteiger partial charge in [0.2, 0.25) is 0 Å². The second-order valence-corrected chi connectivity index (χ2v) is 7.27. The Kier molecular flexibility index (Phi) is 4.46. The lowest BCUT2D eigenvalue weighted by Gasteiger charge is -2.12. The molecule has 4 nitrogen and oxygen atoms in total. The predicted molar refractivity (Wildman–Crippen MR) is 85.5 cm³/mol. The first-order chi connectivity index (χ1) is 9.70. The maximum atomic E-state index is 13.6. The molecule has 0 unspecified atom stereocenters. The lowest BCUT2D eigenvalue weighted by molar-refractivity contribution is 0.591. The van der Waals surface area contributed by atoms with Crippen LogP contribution in [-0.4, -0.2) is 8.42 Å². The zero-order valence-electron chi connectivity index (χ0n) is 10.8. The number of hydrogen-bond donors (Lipinski definition) is 2. The van der Waals surface area contributed by atoms with E-state index in [1.54, 1.807) is 6.07 Å². The third-order valence-corrected chi connectivity index (χ3v) is 5.52. The van der Waals surface area contributed by atoms with E-state index in [1.807, 2.05) is 0 Å². The molecule has 3 N–H and O–H groups in total. The van der Waals surface area contributed by atoms with Crippen LogP contribution in [0.2, 0.25) is 5.02 Å². The van der Waals surface area contributed by atoms with Crippen LogP contribution in [0.15, 0.2) is 39.7 Å². The van der Waals surface area contributed by atoms with Crippen molar-refractivity contribution >= 4 is 48.9 Å². The van der Waals surface area contributed by atoms with Crippen molar-refractivity contribution in [3.05, 3.63) is 51.2 Å². The van der Waals surface area contributed by atoms with E-state index in [1.165, 1.54) is 25.1 Å². The number of benzene rings is 2. The van der Waals surface area contributed by atoms with E-state index in [-0.39, 0.29) is 21.8 Å². The standard InChI is InChI=1S/C13H11BrClFN2O2S/c1-7-12(16)4-8(17)5-13(7)21(19,20)18-9-2-3-10(14)11(15)6-9/h2-6,18H,17H2,1H3. The van der Waals surface area contributed by atoms with Gasteiger partial charge in [0.25, 0.3) is 10.0 Å². The highest BCUT2D eigenvalue weighted by Gasteiger charge is 2.20. The molecule has 0 aliphatic rings. The summed E-state index contributed by atoms with van der Waals surface area (Å²) in [4.78, 5) is -0.209. The Morgan fingerprint density at radius 3 is 2.57 bits per heavy atom. The molecule has 0 saturated carbocycles. The fraction of sp³-hybridized carbons (Fsp3) is 0.0769. The summed E-state index contributed by atoms with van der Waals surface area (Å²) in [6.45, 7) is 1.37. The van der Waals surface area contributed by atoms with Gasteiger partial charge in [0.05, 0.1) is 15.6 Å². The van der Waals surface area contributed by atoms with Gasteiger partial charge < -0.3 is 5.73 Å². The van der Waals surface area contributed by atoms with Crippen LogP contribution in [0, 0.1) is 12.7 Å². The summed E-state index contributed by atoms with van der Waals surface area (Å²) < 4.78 is 41.3. The van der Waals surface area contributed by atoms with E-state index in [4.69, 9.17) is 17.3 Å². The Morgan fingerprint density at radius 2 is 1.95 bits per heavy atom. The van der Waals surface area contributed by atoms with Gasteiger partial charge in [-0.2, -0.15) is 0 Å². The highest BCUT2D eigenvalue weighted by Crippen LogP contribution is 2.28. The van der Waals surface area contributed by atoms with E-state index in [0.717, 1.165) is 6.07 Å². The van der Waals surface area contributed by atoms with Gasteiger partial charge in [-0.05, 0) is 53.2 Å². The highest BCUT2D eigenvalue weighted by atomic mass is 79.9. The van der Waals surface area contributed by atoms with Crippen molar-refractivity contribution < 1.29 is 12.8 Å². The Bertz CT molecular complexity index is 812. The third-order valence-electron chi connectivity index (χ3n) is 2.78. The van der Waals surface area contributed by atoms with Crippen LogP contribution < -0.4 is 10.5 Å². The lowest BCUT2D eigenvalue weighted by Crippen LogP contribution is -2.15. The highest BCUT2D eigenvalue weighted by molar-refractivity contribution is 9.10. The van der Waals surface area contributed by atoms with Crippen molar-refractivity contribution in [3.63, 3.8) is 0 Å². The molecule has 2 aromatic carbocycles. The summed E-state index contributed by atoms with van der Waals surface area (Å²) in [6.07, 6.45) is 0. The van der Waals surface area contributed by atoms with Crippen molar-refractivity contribution in [1.29, 1.82) is 0 Å². The minimum absolute atomic E-state index is 0.0000846. The van der Waals surface area contributed by atoms with Gasteiger partial charge in [-0.15, -0.1) is 0 Å². The van der Waals surface area contributed by atoms with Crippen LogP contribution in [0.4, 0.5) is 15.8 Å². The van der Waals surface area contributed by atoms with Crippen LogP contribution in [0.5, 0.6) is 0 Å². The maximum absolute atomic E-state index is 13.6. The second-order valence-electron chi connectivity index (χ2n) is 4.36. The fourth-order valence-corrected chi connectivity index (χ4v) is 3.49. The SMILES string of the molecule is Cc1c(F)cc(N)cc1S(=O)(=O)Nc1ccc(Br)c(Cl)c1. The smallest absolute Gasteiger partial charge is 0.262 e. The second kappa shape index (κ2) is 5.82. The van der Waals surface area contributed by atoms with Crippen molar-refractivity contribution in [1.82, 2.24) is 0 Å². The van der Waals surface area contributed by atoms with Gasteiger partial charge in [0.1, 0.15) is 5.82 Å². The molecule has 112 valence electrons. The Morgan fingerprint density at radius 1 is 1.29 bits per heavy atom. The molecule has 0 saturated heterocycles. The molecular weight excluding hydrogens is 383 g/mol. The largest absolute Gasteiger partial charge is 0.399 e. The van der Waals surface area contributed by atoms with Crippen LogP contribution in [0.25, 0.3) is 0 Å². The van der Waals surface area contributed by atoms with Gasteiger partial charge in [-0.25, -0.2) is 12.8 Å². The van der Waals surface area contributed by atoms with E-state index in [9.17, 15) is 12.8 Å². The molecule has 21 heavy (non-hydrogen) atoms. The molecule has 0 aliphatic heterocycles. The molecule has 0 fully saturated rings. The van der Waals surface area contributed by atoms with Gasteiger partial charge in [-0.1, -0.05) is 11.6 Å². The fourth-order valence-electron chi connectivity index (χ4n) is 1.72. The van der Waals surface area contributed by atoms with E-state index >= 15 is 0 Å². The quantitative estimate of drug-likeness (QED) is 0.776. The molecule has 0 radical (unpaired) electrons. The molecule has 0 heterocycles. The van der Waals surface area contributed by atoms with E-state index in [2.05, 4.69) is 20.7 Å². The first kappa shape index (κ1) is 16.1. The summed E-state index contributed by atoms with van der Waals surface area (Å²) in [5.41, 5.74) is 5.81. The van der Waals surface area contributed by atoms with Crippen LogP contribution in [0.3, 0.4) is 0 Å². The topological polar surface area (TPSA) is 72.2 Å². The minimum Gasteiger partial charge on any atom is -0.399 e. The summed E-state index contributed by atoms with van der Waals surface area (Å²) in [7, 11) is -3.96. The number of anilines is 2. The Labute approximate surface area is 135 Å². The molecule has 0 aliphatic carbocycles. The molecule has 0 spiro atoms. The zero-order valence-corrected chi connectivity index (χ0v) is 14.0. The molecule has 2 aromatic rings. The third kappa shape index (κ3) is 3.48. The summed E-state index contributed by atoms with van der Waals surface area (Å²) in [5, 5.41) is 0.352. The lowest BCUT2D eigenvalue weighted by atomic mass is 10.2. The number of rotatable bonds is 3. The number of nitrogens with one attached hydrogen (secondary N) is 1. The Balaban J connectivity index is 2.45. The molecule has 0 aromatic heterocycles. The molecule has 0 atom stereocenters. The predicted octanol–water partition coefficient (Wildman–Crippen LogP) is 3.93. The van der Waals surface area contributed by atoms with Gasteiger partial charge in [-0.3, -0.25) is 4.72 Å². The van der Waals surface area contributed by atoms with Crippen LogP contribution in [0.1, 0.15) is 5.56 Å². The molecular formula is C13H11BrClFN2O2S. The van der Waals surface area contributed by atoms with Crippen molar-refractivity contribution in [2.45, 2.75) is 11.8 Å². The molecule has 0 amide bonds. The molecule has 2 rings (SSSR count). The van der Waals surface area contributed by atoms with Gasteiger partial charge in [0, 0.05) is 15.7 Å². The van der Waals surface area contributed by atoms with Gasteiger partial charge in [0.15, 0.2) is 0 Å². The normalized spacial score (nSPS) is 11.4. The summed E-state index contributed by atoms with van der Waals surface area (Å²) >= 11 is 9.12. The van der Waals surface area contributed by atoms with Crippen LogP contribution in [-0.2, 0) is 10.0 Å². The maximum Gasteiger partial charge on any atom is 0.262 e. The van der Waals surface area contributed by atoms with E-state index < -0.39 is 15.8 Å². The van der Waals surface area contributed by atoms with Crippen molar-refractivity contribution in [2.75, 3.05) is 10.5 Å². The van der Waals surface area contributed by atoms with E-state index in [0.29, 0.717) is 9.50 Å². The first-order valence-corrected chi connectivity index (χ1v) is 8.39. The summed E-state index contributed by atoms with van der Waals surface area (Å²) in [5.74, 6) is -0.677. The van der Waals surface area contributed by atoms with Crippen molar-refractivity contribution in [2.24, 2.45) is 0 Å². The summed E-state index contributed by atoms with van der Waals surface area (Å²) in [6, 6.07) is 6.87. The van der Waals surface area contributed by atoms with Gasteiger partial charge >= 0.3 is 0 Å². The average molecular weight is 394 g/mol. The average Bonchev–Trinajstić information content (AvgIpc) is 2.37. The number of halogens is 3. The zero-order chi connectivity index (χ0) is 15.8. The first-order valence-electron chi connectivity index (χ1n) is 5.74. The molecule has 8 heteroatoms. The van der Waals surface area contributed by atoms with Crippen LogP contribution >= 0.6 is 27.5 Å². The number of nitrogen functional groups attached to an aromatic ring is 1. The monoisotopic (exact) mass is 392 g/mol. The number of hydrogen-bond acceptors (Lipinski definition) is 3. The van der Waals surface area contributed by atoms with Crippen molar-refractivity contribution in [3.8, 4) is 0 Å². The minimum atomic E-state index is -3.96. The Hall–Kier alpha value is -1.31.